The molecule has 2 aromatic carbocycles. The maximum Gasteiger partial charge on any atom is 0.261 e. The first-order chi connectivity index (χ1) is 15.8. The Bertz CT molecular complexity index is 1020. The van der Waals surface area contributed by atoms with Crippen molar-refractivity contribution < 1.29 is 14.3 Å². The van der Waals surface area contributed by atoms with Crippen molar-refractivity contribution >= 4 is 50.9 Å². The summed E-state index contributed by atoms with van der Waals surface area (Å²) in [6.07, 6.45) is 0.789. The Morgan fingerprint density at radius 2 is 1.79 bits per heavy atom. The fourth-order valence-corrected chi connectivity index (χ4v) is 4.15. The van der Waals surface area contributed by atoms with Crippen molar-refractivity contribution in [1.82, 2.24) is 10.2 Å². The molecule has 2 atom stereocenters. The topological polar surface area (TPSA) is 58.6 Å². The molecule has 0 heterocycles. The van der Waals surface area contributed by atoms with Crippen molar-refractivity contribution in [3.05, 3.63) is 62.0 Å². The number of carbonyl (C=O) groups excluding carboxylic acids is 2. The number of halogens is 3. The van der Waals surface area contributed by atoms with Gasteiger partial charge >= 0.3 is 0 Å². The van der Waals surface area contributed by atoms with Gasteiger partial charge in [0.2, 0.25) is 5.91 Å². The molecule has 0 saturated heterocycles. The lowest BCUT2D eigenvalue weighted by Crippen LogP contribution is -2.50. The van der Waals surface area contributed by atoms with Crippen LogP contribution in [0.1, 0.15) is 59.1 Å². The highest BCUT2D eigenvalue weighted by Gasteiger charge is 2.28. The van der Waals surface area contributed by atoms with Crippen molar-refractivity contribution in [2.24, 2.45) is 0 Å². The van der Waals surface area contributed by atoms with Gasteiger partial charge in [0.15, 0.2) is 6.61 Å². The monoisotopic (exact) mass is 570 g/mol. The van der Waals surface area contributed by atoms with Gasteiger partial charge in [0, 0.05) is 22.6 Å². The predicted molar refractivity (Wildman–Crippen MR) is 143 cm³/mol. The maximum absolute atomic E-state index is 13.3. The Hall–Kier alpha value is -1.76. The smallest absolute Gasteiger partial charge is 0.261 e. The summed E-state index contributed by atoms with van der Waals surface area (Å²) in [5.41, 5.74) is 1.83. The predicted octanol–water partition coefficient (Wildman–Crippen LogP) is 6.76. The van der Waals surface area contributed by atoms with Crippen LogP contribution in [0.4, 0.5) is 0 Å². The molecule has 0 aliphatic rings. The largest absolute Gasteiger partial charge is 0.483 e. The third-order valence-corrected chi connectivity index (χ3v) is 6.88. The summed E-state index contributed by atoms with van der Waals surface area (Å²) in [5, 5.41) is 3.87. The zero-order valence-electron chi connectivity index (χ0n) is 20.5. The molecule has 186 valence electrons. The molecule has 0 fully saturated rings. The van der Waals surface area contributed by atoms with E-state index in [4.69, 9.17) is 27.9 Å². The van der Waals surface area contributed by atoms with Crippen LogP contribution in [0.5, 0.6) is 5.75 Å². The lowest BCUT2D eigenvalue weighted by atomic mass is 9.87. The second kappa shape index (κ2) is 12.3. The van der Waals surface area contributed by atoms with Crippen LogP contribution >= 0.6 is 39.1 Å². The van der Waals surface area contributed by atoms with Crippen LogP contribution in [0, 0.1) is 0 Å². The fourth-order valence-electron chi connectivity index (χ4n) is 3.19. The second-order valence-corrected chi connectivity index (χ2v) is 11.1. The second-order valence-electron chi connectivity index (χ2n) is 9.44. The average Bonchev–Trinajstić information content (AvgIpc) is 2.76. The number of hydrogen-bond acceptors (Lipinski definition) is 3. The molecule has 5 nitrogen and oxygen atoms in total. The zero-order chi connectivity index (χ0) is 25.6. The van der Waals surface area contributed by atoms with Gasteiger partial charge in [0.1, 0.15) is 11.8 Å². The molecule has 0 spiro atoms. The van der Waals surface area contributed by atoms with E-state index >= 15 is 0 Å². The molecular formula is C26H33BrCl2N2O3. The van der Waals surface area contributed by atoms with Gasteiger partial charge in [-0.3, -0.25) is 9.59 Å². The minimum absolute atomic E-state index is 0.000409. The van der Waals surface area contributed by atoms with E-state index in [1.165, 1.54) is 4.90 Å². The minimum atomic E-state index is -0.719. The number of nitrogens with one attached hydrogen (secondary N) is 1. The number of rotatable bonds is 9. The van der Waals surface area contributed by atoms with E-state index in [-0.39, 0.29) is 36.4 Å². The molecule has 0 aliphatic heterocycles. The number of ether oxygens (including phenoxy) is 1. The van der Waals surface area contributed by atoms with Crippen molar-refractivity contribution in [3.8, 4) is 5.75 Å². The molecule has 0 bridgehead atoms. The standard InChI is InChI=1S/C26H33BrCl2N2O3/c1-7-16(2)30-25(33)17(3)31(14-18-8-10-20(28)13-22(18)29)24(32)15-34-23-11-9-19(12-21(23)27)26(4,5)6/h8-13,16-17H,7,14-15H2,1-6H3,(H,30,33)/t16-,17+/m0/s1. The minimum Gasteiger partial charge on any atom is -0.483 e. The molecule has 2 aromatic rings. The quantitative estimate of drug-likeness (QED) is 0.361. The molecule has 2 amide bonds. The van der Waals surface area contributed by atoms with Gasteiger partial charge in [-0.25, -0.2) is 0 Å². The Kier molecular flexibility index (Phi) is 10.3. The van der Waals surface area contributed by atoms with Gasteiger partial charge in [-0.05, 0) is 77.0 Å². The molecule has 0 aromatic heterocycles. The van der Waals surface area contributed by atoms with Crippen LogP contribution in [-0.4, -0.2) is 35.4 Å². The van der Waals surface area contributed by atoms with E-state index in [1.54, 1.807) is 25.1 Å². The Morgan fingerprint density at radius 3 is 2.35 bits per heavy atom. The summed E-state index contributed by atoms with van der Waals surface area (Å²) >= 11 is 15.9. The highest BCUT2D eigenvalue weighted by molar-refractivity contribution is 9.10. The van der Waals surface area contributed by atoms with Crippen LogP contribution < -0.4 is 10.1 Å². The van der Waals surface area contributed by atoms with Gasteiger partial charge < -0.3 is 15.0 Å². The molecule has 2 rings (SSSR count). The molecule has 0 radical (unpaired) electrons. The first-order valence-electron chi connectivity index (χ1n) is 11.3. The van der Waals surface area contributed by atoms with E-state index in [1.807, 2.05) is 32.0 Å². The van der Waals surface area contributed by atoms with Crippen LogP contribution in [0.15, 0.2) is 40.9 Å². The summed E-state index contributed by atoms with van der Waals surface area (Å²) in [5.74, 6) is -0.00403. The van der Waals surface area contributed by atoms with Crippen LogP contribution in [0.3, 0.4) is 0 Å². The molecular weight excluding hydrogens is 539 g/mol. The lowest BCUT2D eigenvalue weighted by molar-refractivity contribution is -0.142. The van der Waals surface area contributed by atoms with Crippen molar-refractivity contribution in [3.63, 3.8) is 0 Å². The third kappa shape index (κ3) is 7.89. The van der Waals surface area contributed by atoms with Gasteiger partial charge in [-0.1, -0.05) is 63.0 Å². The summed E-state index contributed by atoms with van der Waals surface area (Å²) in [6.45, 7) is 11.9. The number of benzene rings is 2. The van der Waals surface area contributed by atoms with Crippen LogP contribution in [0.2, 0.25) is 10.0 Å². The highest BCUT2D eigenvalue weighted by atomic mass is 79.9. The number of hydrogen-bond donors (Lipinski definition) is 1. The van der Waals surface area contributed by atoms with Gasteiger partial charge in [-0.15, -0.1) is 0 Å². The molecule has 1 N–H and O–H groups in total. The molecule has 0 unspecified atom stereocenters. The number of amides is 2. The van der Waals surface area contributed by atoms with E-state index < -0.39 is 6.04 Å². The highest BCUT2D eigenvalue weighted by Crippen LogP contribution is 2.31. The molecule has 0 aliphatic carbocycles. The van der Waals surface area contributed by atoms with Crippen molar-refractivity contribution in [2.75, 3.05) is 6.61 Å². The third-order valence-electron chi connectivity index (χ3n) is 5.67. The van der Waals surface area contributed by atoms with Crippen LogP contribution in [0.25, 0.3) is 0 Å². The Labute approximate surface area is 221 Å². The fraction of sp³-hybridized carbons (Fsp3) is 0.462. The van der Waals surface area contributed by atoms with Crippen LogP contribution in [-0.2, 0) is 21.5 Å². The van der Waals surface area contributed by atoms with E-state index in [0.29, 0.717) is 21.4 Å². The lowest BCUT2D eigenvalue weighted by Gasteiger charge is -2.30. The Morgan fingerprint density at radius 1 is 1.12 bits per heavy atom. The number of nitrogens with zero attached hydrogens (tertiary/aromatic N) is 1. The maximum atomic E-state index is 13.3. The molecule has 8 heteroatoms. The zero-order valence-corrected chi connectivity index (χ0v) is 23.6. The summed E-state index contributed by atoms with van der Waals surface area (Å²) < 4.78 is 6.61. The summed E-state index contributed by atoms with van der Waals surface area (Å²) in [6, 6.07) is 10.2. The van der Waals surface area contributed by atoms with Crippen molar-refractivity contribution in [2.45, 2.75) is 72.0 Å². The first-order valence-corrected chi connectivity index (χ1v) is 12.8. The summed E-state index contributed by atoms with van der Waals surface area (Å²) in [7, 11) is 0. The SMILES string of the molecule is CC[C@H](C)NC(=O)[C@@H](C)N(Cc1ccc(Cl)cc1Cl)C(=O)COc1ccc(C(C)(C)C)cc1Br. The van der Waals surface area contributed by atoms with Crippen molar-refractivity contribution in [1.29, 1.82) is 0 Å². The van der Waals surface area contributed by atoms with Gasteiger partial charge in [-0.2, -0.15) is 0 Å². The van der Waals surface area contributed by atoms with Gasteiger partial charge in [0.25, 0.3) is 5.91 Å². The average molecular weight is 572 g/mol. The molecule has 0 saturated carbocycles. The van der Waals surface area contributed by atoms with E-state index in [9.17, 15) is 9.59 Å². The van der Waals surface area contributed by atoms with Gasteiger partial charge in [0.05, 0.1) is 4.47 Å². The first kappa shape index (κ1) is 28.5. The molecule has 34 heavy (non-hydrogen) atoms. The van der Waals surface area contributed by atoms with E-state index in [2.05, 4.69) is 42.0 Å². The normalized spacial score (nSPS) is 13.2. The Balaban J connectivity index is 2.23. The summed E-state index contributed by atoms with van der Waals surface area (Å²) in [4.78, 5) is 27.6. The number of carbonyl (C=O) groups is 2. The van der Waals surface area contributed by atoms with E-state index in [0.717, 1.165) is 16.5 Å².